The van der Waals surface area contributed by atoms with Crippen LogP contribution >= 0.6 is 12.4 Å². The van der Waals surface area contributed by atoms with Crippen LogP contribution in [0.5, 0.6) is 0 Å². The Morgan fingerprint density at radius 3 is 2.37 bits per heavy atom. The molecule has 0 atom stereocenters. The van der Waals surface area contributed by atoms with Crippen LogP contribution in [0.15, 0.2) is 29.2 Å². The van der Waals surface area contributed by atoms with Crippen molar-refractivity contribution in [3.05, 3.63) is 30.1 Å². The van der Waals surface area contributed by atoms with E-state index in [2.05, 4.69) is 4.72 Å². The van der Waals surface area contributed by atoms with E-state index < -0.39 is 21.4 Å². The average Bonchev–Trinajstić information content (AvgIpc) is 2.78. The van der Waals surface area contributed by atoms with Gasteiger partial charge in [0.1, 0.15) is 10.7 Å². The van der Waals surface area contributed by atoms with Crippen molar-refractivity contribution in [2.45, 2.75) is 36.1 Å². The van der Waals surface area contributed by atoms with E-state index in [4.69, 9.17) is 5.73 Å². The van der Waals surface area contributed by atoms with Gasteiger partial charge < -0.3 is 5.73 Å². The van der Waals surface area contributed by atoms with E-state index in [0.29, 0.717) is 12.8 Å². The van der Waals surface area contributed by atoms with E-state index >= 15 is 0 Å². The van der Waals surface area contributed by atoms with Gasteiger partial charge in [0, 0.05) is 12.1 Å². The Kier molecular flexibility index (Phi) is 5.32. The maximum Gasteiger partial charge on any atom is 0.244 e. The smallest absolute Gasteiger partial charge is 0.244 e. The normalized spacial score (nSPS) is 18.0. The molecule has 0 spiro atoms. The Morgan fingerprint density at radius 1 is 1.26 bits per heavy atom. The molecule has 0 radical (unpaired) electrons. The summed E-state index contributed by atoms with van der Waals surface area (Å²) in [6, 6.07) is 5.36. The Morgan fingerprint density at radius 2 is 1.84 bits per heavy atom. The van der Waals surface area contributed by atoms with Crippen LogP contribution in [-0.4, -0.2) is 20.5 Å². The molecule has 108 valence electrons. The van der Waals surface area contributed by atoms with Gasteiger partial charge in [-0.05, 0) is 25.0 Å². The summed E-state index contributed by atoms with van der Waals surface area (Å²) in [6.07, 6.45) is 3.29. The van der Waals surface area contributed by atoms with Gasteiger partial charge >= 0.3 is 0 Å². The number of nitrogens with two attached hydrogens (primary N) is 1. The molecule has 1 aromatic carbocycles. The van der Waals surface area contributed by atoms with Crippen LogP contribution in [0.4, 0.5) is 4.39 Å². The van der Waals surface area contributed by atoms with Gasteiger partial charge in [0.2, 0.25) is 10.0 Å². The second kappa shape index (κ2) is 6.17. The Hall–Kier alpha value is -0.690. The lowest BCUT2D eigenvalue weighted by molar-refractivity contribution is 0.398. The minimum Gasteiger partial charge on any atom is -0.329 e. The molecule has 7 heteroatoms. The molecule has 2 rings (SSSR count). The lowest BCUT2D eigenvalue weighted by Crippen LogP contribution is -2.51. The van der Waals surface area contributed by atoms with Crippen LogP contribution in [0.3, 0.4) is 0 Å². The zero-order valence-corrected chi connectivity index (χ0v) is 12.1. The predicted octanol–water partition coefficient (Wildman–Crippen LogP) is 1.80. The summed E-state index contributed by atoms with van der Waals surface area (Å²) in [7, 11) is -3.85. The fraction of sp³-hybridized carbons (Fsp3) is 0.500. The Balaban J connectivity index is 0.00000180. The maximum atomic E-state index is 13.5. The summed E-state index contributed by atoms with van der Waals surface area (Å²) in [4.78, 5) is -0.315. The van der Waals surface area contributed by atoms with Gasteiger partial charge in [0.15, 0.2) is 0 Å². The second-order valence-corrected chi connectivity index (χ2v) is 6.38. The van der Waals surface area contributed by atoms with E-state index in [1.807, 2.05) is 0 Å². The van der Waals surface area contributed by atoms with Crippen molar-refractivity contribution < 1.29 is 12.8 Å². The summed E-state index contributed by atoms with van der Waals surface area (Å²) in [6.45, 7) is 0.237. The van der Waals surface area contributed by atoms with Crippen LogP contribution < -0.4 is 10.5 Å². The number of nitrogens with one attached hydrogen (secondary N) is 1. The minimum absolute atomic E-state index is 0. The predicted molar refractivity (Wildman–Crippen MR) is 74.2 cm³/mol. The van der Waals surface area contributed by atoms with Gasteiger partial charge in [-0.3, -0.25) is 0 Å². The first-order chi connectivity index (χ1) is 8.49. The molecule has 0 heterocycles. The molecule has 0 aliphatic heterocycles. The zero-order valence-electron chi connectivity index (χ0n) is 10.4. The monoisotopic (exact) mass is 308 g/mol. The Bertz CT molecular complexity index is 530. The molecule has 0 saturated heterocycles. The number of hydrogen-bond acceptors (Lipinski definition) is 3. The van der Waals surface area contributed by atoms with Crippen molar-refractivity contribution in [1.82, 2.24) is 4.72 Å². The topological polar surface area (TPSA) is 72.2 Å². The van der Waals surface area contributed by atoms with Crippen molar-refractivity contribution in [2.24, 2.45) is 5.73 Å². The van der Waals surface area contributed by atoms with Crippen molar-refractivity contribution in [2.75, 3.05) is 6.54 Å². The molecule has 19 heavy (non-hydrogen) atoms. The summed E-state index contributed by atoms with van der Waals surface area (Å²) >= 11 is 0. The molecule has 0 unspecified atom stereocenters. The average molecular weight is 309 g/mol. The molecule has 1 aliphatic rings. The molecule has 3 N–H and O–H groups in total. The highest BCUT2D eigenvalue weighted by atomic mass is 35.5. The number of rotatable bonds is 4. The number of sulfonamides is 1. The van der Waals surface area contributed by atoms with Crippen LogP contribution in [0.25, 0.3) is 0 Å². The number of benzene rings is 1. The SMILES string of the molecule is Cl.NCC1(NS(=O)(=O)c2ccccc2F)CCCC1. The molecule has 4 nitrogen and oxygen atoms in total. The first-order valence-electron chi connectivity index (χ1n) is 5.98. The van der Waals surface area contributed by atoms with Crippen molar-refractivity contribution >= 4 is 22.4 Å². The van der Waals surface area contributed by atoms with E-state index in [1.165, 1.54) is 18.2 Å². The highest BCUT2D eigenvalue weighted by Crippen LogP contribution is 2.30. The fourth-order valence-electron chi connectivity index (χ4n) is 2.40. The third kappa shape index (κ3) is 3.45. The van der Waals surface area contributed by atoms with E-state index in [-0.39, 0.29) is 23.8 Å². The van der Waals surface area contributed by atoms with Crippen LogP contribution in [0, 0.1) is 5.82 Å². The molecule has 0 amide bonds. The third-order valence-corrected chi connectivity index (χ3v) is 5.04. The van der Waals surface area contributed by atoms with E-state index in [1.54, 1.807) is 0 Å². The maximum absolute atomic E-state index is 13.5. The van der Waals surface area contributed by atoms with E-state index in [9.17, 15) is 12.8 Å². The molecular formula is C12H18ClFN2O2S. The summed E-state index contributed by atoms with van der Waals surface area (Å²) < 4.78 is 40.5. The molecule has 1 aromatic rings. The Labute approximate surface area is 119 Å². The second-order valence-electron chi connectivity index (χ2n) is 4.73. The molecule has 1 aliphatic carbocycles. The quantitative estimate of drug-likeness (QED) is 0.891. The van der Waals surface area contributed by atoms with Crippen LogP contribution in [-0.2, 0) is 10.0 Å². The minimum atomic E-state index is -3.85. The molecule has 1 saturated carbocycles. The lowest BCUT2D eigenvalue weighted by Gasteiger charge is -2.28. The molecular weight excluding hydrogens is 291 g/mol. The van der Waals surface area contributed by atoms with E-state index in [0.717, 1.165) is 18.9 Å². The van der Waals surface area contributed by atoms with Gasteiger partial charge in [-0.1, -0.05) is 25.0 Å². The van der Waals surface area contributed by atoms with Crippen LogP contribution in [0.2, 0.25) is 0 Å². The standard InChI is InChI=1S/C12H17FN2O2S.ClH/c13-10-5-1-2-6-11(10)18(16,17)15-12(9-14)7-3-4-8-12;/h1-2,5-6,15H,3-4,7-9,14H2;1H. The first-order valence-corrected chi connectivity index (χ1v) is 7.46. The first kappa shape index (κ1) is 16.4. The lowest BCUT2D eigenvalue weighted by atomic mass is 10.0. The summed E-state index contributed by atoms with van der Waals surface area (Å²) in [5.74, 6) is -0.741. The number of hydrogen-bond donors (Lipinski definition) is 2. The fourth-order valence-corrected chi connectivity index (χ4v) is 3.95. The summed E-state index contributed by atoms with van der Waals surface area (Å²) in [5.41, 5.74) is 5.06. The van der Waals surface area contributed by atoms with Gasteiger partial charge in [-0.15, -0.1) is 12.4 Å². The van der Waals surface area contributed by atoms with Gasteiger partial charge in [0.25, 0.3) is 0 Å². The zero-order chi connectivity index (χ0) is 13.2. The molecule has 1 fully saturated rings. The van der Waals surface area contributed by atoms with Crippen molar-refractivity contribution in [3.63, 3.8) is 0 Å². The summed E-state index contributed by atoms with van der Waals surface area (Å²) in [5, 5.41) is 0. The van der Waals surface area contributed by atoms with Crippen molar-refractivity contribution in [1.29, 1.82) is 0 Å². The molecule has 0 bridgehead atoms. The van der Waals surface area contributed by atoms with Gasteiger partial charge in [-0.2, -0.15) is 0 Å². The molecule has 0 aromatic heterocycles. The van der Waals surface area contributed by atoms with Crippen LogP contribution in [0.1, 0.15) is 25.7 Å². The van der Waals surface area contributed by atoms with Gasteiger partial charge in [-0.25, -0.2) is 17.5 Å². The highest BCUT2D eigenvalue weighted by Gasteiger charge is 2.37. The largest absolute Gasteiger partial charge is 0.329 e. The highest BCUT2D eigenvalue weighted by molar-refractivity contribution is 7.89. The van der Waals surface area contributed by atoms with Gasteiger partial charge in [0.05, 0.1) is 0 Å². The third-order valence-electron chi connectivity index (χ3n) is 3.43. The van der Waals surface area contributed by atoms with Crippen molar-refractivity contribution in [3.8, 4) is 0 Å². The number of halogens is 2.